The van der Waals surface area contributed by atoms with Crippen molar-refractivity contribution in [3.05, 3.63) is 65.5 Å². The predicted octanol–water partition coefficient (Wildman–Crippen LogP) is 3.03. The second-order valence-electron chi connectivity index (χ2n) is 4.00. The van der Waals surface area contributed by atoms with Gasteiger partial charge in [0.15, 0.2) is 0 Å². The quantitative estimate of drug-likeness (QED) is 0.504. The number of anilines is 1. The Morgan fingerprint density at radius 1 is 1.11 bits per heavy atom. The van der Waals surface area contributed by atoms with Crippen molar-refractivity contribution in [1.82, 2.24) is 0 Å². The lowest BCUT2D eigenvalue weighted by molar-refractivity contribution is -0.130. The van der Waals surface area contributed by atoms with Gasteiger partial charge in [0.05, 0.1) is 5.57 Å². The van der Waals surface area contributed by atoms with Crippen LogP contribution in [0.1, 0.15) is 11.1 Å². The monoisotopic (exact) mass is 257 g/mol. The normalized spacial score (nSPS) is 11.3. The molecule has 0 atom stereocenters. The largest absolute Gasteiger partial charge is 0.478 e. The van der Waals surface area contributed by atoms with Crippen LogP contribution in [0.2, 0.25) is 0 Å². The van der Waals surface area contributed by atoms with E-state index in [4.69, 9.17) is 5.73 Å². The van der Waals surface area contributed by atoms with Crippen molar-refractivity contribution in [1.29, 1.82) is 0 Å². The van der Waals surface area contributed by atoms with Gasteiger partial charge in [-0.25, -0.2) is 9.18 Å². The van der Waals surface area contributed by atoms with Crippen LogP contribution in [0.3, 0.4) is 0 Å². The van der Waals surface area contributed by atoms with Gasteiger partial charge in [-0.05, 0) is 35.4 Å². The highest BCUT2D eigenvalue weighted by Gasteiger charge is 2.11. The minimum absolute atomic E-state index is 0.0675. The third-order valence-corrected chi connectivity index (χ3v) is 2.68. The van der Waals surface area contributed by atoms with Gasteiger partial charge < -0.3 is 10.8 Å². The van der Waals surface area contributed by atoms with Crippen LogP contribution in [0.4, 0.5) is 10.1 Å². The molecule has 3 nitrogen and oxygen atoms in total. The van der Waals surface area contributed by atoms with E-state index >= 15 is 0 Å². The minimum Gasteiger partial charge on any atom is -0.478 e. The second kappa shape index (κ2) is 5.35. The predicted molar refractivity (Wildman–Crippen MR) is 72.8 cm³/mol. The van der Waals surface area contributed by atoms with E-state index < -0.39 is 11.8 Å². The molecule has 0 aliphatic heterocycles. The molecule has 0 aliphatic carbocycles. The molecule has 96 valence electrons. The molecule has 2 aromatic rings. The van der Waals surface area contributed by atoms with Crippen molar-refractivity contribution in [2.75, 3.05) is 5.73 Å². The van der Waals surface area contributed by atoms with Crippen LogP contribution < -0.4 is 5.73 Å². The Balaban J connectivity index is 2.50. The summed E-state index contributed by atoms with van der Waals surface area (Å²) in [5.41, 5.74) is 7.37. The molecule has 4 heteroatoms. The Morgan fingerprint density at radius 2 is 1.74 bits per heavy atom. The smallest absolute Gasteiger partial charge is 0.336 e. The molecule has 0 unspecified atom stereocenters. The first-order chi connectivity index (χ1) is 9.08. The summed E-state index contributed by atoms with van der Waals surface area (Å²) in [5, 5.41) is 9.25. The van der Waals surface area contributed by atoms with Crippen LogP contribution in [0.5, 0.6) is 0 Å². The lowest BCUT2D eigenvalue weighted by atomic mass is 10.0. The topological polar surface area (TPSA) is 63.3 Å². The van der Waals surface area contributed by atoms with Crippen LogP contribution in [0, 0.1) is 5.82 Å². The number of nitrogen functional groups attached to an aromatic ring is 1. The standard InChI is InChI=1S/C15H12FNO2/c16-12-7-5-10(6-8-12)13(15(18)19)9-11-3-1-2-4-14(11)17/h1-9H,17H2,(H,18,19)/b13-9+. The maximum atomic E-state index is 12.9. The van der Waals surface area contributed by atoms with Crippen molar-refractivity contribution >= 4 is 23.3 Å². The summed E-state index contributed by atoms with van der Waals surface area (Å²) in [6.45, 7) is 0. The average Bonchev–Trinajstić information content (AvgIpc) is 2.39. The van der Waals surface area contributed by atoms with Crippen molar-refractivity contribution in [2.24, 2.45) is 0 Å². The number of benzene rings is 2. The fourth-order valence-electron chi connectivity index (χ4n) is 1.70. The zero-order valence-electron chi connectivity index (χ0n) is 10.0. The van der Waals surface area contributed by atoms with Crippen molar-refractivity contribution in [3.8, 4) is 0 Å². The van der Waals surface area contributed by atoms with Crippen molar-refractivity contribution in [3.63, 3.8) is 0 Å². The fourth-order valence-corrected chi connectivity index (χ4v) is 1.70. The van der Waals surface area contributed by atoms with Crippen LogP contribution >= 0.6 is 0 Å². The molecule has 0 amide bonds. The molecular weight excluding hydrogens is 245 g/mol. The SMILES string of the molecule is Nc1ccccc1/C=C(/C(=O)O)c1ccc(F)cc1. The molecule has 3 N–H and O–H groups in total. The highest BCUT2D eigenvalue weighted by molar-refractivity contribution is 6.21. The van der Waals surface area contributed by atoms with Crippen LogP contribution in [0.15, 0.2) is 48.5 Å². The summed E-state index contributed by atoms with van der Waals surface area (Å²) in [6, 6.07) is 12.2. The molecule has 0 radical (unpaired) electrons. The van der Waals surface area contributed by atoms with E-state index in [1.165, 1.54) is 30.3 Å². The minimum atomic E-state index is -1.09. The zero-order chi connectivity index (χ0) is 13.8. The summed E-state index contributed by atoms with van der Waals surface area (Å²) >= 11 is 0. The molecule has 0 saturated carbocycles. The first-order valence-corrected chi connectivity index (χ1v) is 5.63. The fraction of sp³-hybridized carbons (Fsp3) is 0. The molecule has 0 spiro atoms. The Morgan fingerprint density at radius 3 is 2.32 bits per heavy atom. The number of halogens is 1. The van der Waals surface area contributed by atoms with Crippen LogP contribution in [-0.2, 0) is 4.79 Å². The number of carboxylic acid groups (broad SMARTS) is 1. The number of aliphatic carboxylic acids is 1. The van der Waals surface area contributed by atoms with Crippen molar-refractivity contribution < 1.29 is 14.3 Å². The van der Waals surface area contributed by atoms with E-state index in [1.54, 1.807) is 24.3 Å². The van der Waals surface area contributed by atoms with Gasteiger partial charge in [-0.15, -0.1) is 0 Å². The summed E-state index contributed by atoms with van der Waals surface area (Å²) in [7, 11) is 0. The lowest BCUT2D eigenvalue weighted by Gasteiger charge is -2.05. The number of rotatable bonds is 3. The molecule has 0 heterocycles. The number of hydrogen-bond donors (Lipinski definition) is 2. The number of nitrogens with two attached hydrogens (primary N) is 1. The number of carboxylic acids is 1. The Kier molecular flexibility index (Phi) is 3.61. The van der Waals surface area contributed by atoms with Gasteiger partial charge in [0.1, 0.15) is 5.82 Å². The zero-order valence-corrected chi connectivity index (χ0v) is 10.0. The third-order valence-electron chi connectivity index (χ3n) is 2.68. The van der Waals surface area contributed by atoms with Crippen LogP contribution in [-0.4, -0.2) is 11.1 Å². The summed E-state index contributed by atoms with van der Waals surface area (Å²) in [5.74, 6) is -1.50. The van der Waals surface area contributed by atoms with Gasteiger partial charge in [0.2, 0.25) is 0 Å². The van der Waals surface area contributed by atoms with Gasteiger partial charge in [0, 0.05) is 5.69 Å². The van der Waals surface area contributed by atoms with E-state index in [-0.39, 0.29) is 5.57 Å². The number of hydrogen-bond acceptors (Lipinski definition) is 2. The van der Waals surface area contributed by atoms with E-state index in [9.17, 15) is 14.3 Å². The summed E-state index contributed by atoms with van der Waals surface area (Å²) in [4.78, 5) is 11.3. The molecular formula is C15H12FNO2. The maximum absolute atomic E-state index is 12.9. The second-order valence-corrected chi connectivity index (χ2v) is 4.00. The molecule has 0 saturated heterocycles. The Hall–Kier alpha value is -2.62. The van der Waals surface area contributed by atoms with Gasteiger partial charge in [-0.3, -0.25) is 0 Å². The molecule has 19 heavy (non-hydrogen) atoms. The molecule has 0 aliphatic rings. The van der Waals surface area contributed by atoms with Gasteiger partial charge >= 0.3 is 5.97 Å². The molecule has 2 rings (SSSR count). The van der Waals surface area contributed by atoms with E-state index in [1.807, 2.05) is 0 Å². The molecule has 0 bridgehead atoms. The number of para-hydroxylation sites is 1. The first kappa shape index (κ1) is 12.8. The van der Waals surface area contributed by atoms with Gasteiger partial charge in [0.25, 0.3) is 0 Å². The highest BCUT2D eigenvalue weighted by Crippen LogP contribution is 2.22. The summed E-state index contributed by atoms with van der Waals surface area (Å²) < 4.78 is 12.9. The van der Waals surface area contributed by atoms with Gasteiger partial charge in [-0.2, -0.15) is 0 Å². The third kappa shape index (κ3) is 2.98. The Bertz CT molecular complexity index is 633. The summed E-state index contributed by atoms with van der Waals surface area (Å²) in [6.07, 6.45) is 1.48. The van der Waals surface area contributed by atoms with E-state index in [2.05, 4.69) is 0 Å². The van der Waals surface area contributed by atoms with Crippen molar-refractivity contribution in [2.45, 2.75) is 0 Å². The van der Waals surface area contributed by atoms with Gasteiger partial charge in [-0.1, -0.05) is 30.3 Å². The van der Waals surface area contributed by atoms with E-state index in [0.717, 1.165) is 0 Å². The molecule has 0 fully saturated rings. The Labute approximate surface area is 109 Å². The van der Waals surface area contributed by atoms with E-state index in [0.29, 0.717) is 16.8 Å². The highest BCUT2D eigenvalue weighted by atomic mass is 19.1. The molecule has 0 aromatic heterocycles. The average molecular weight is 257 g/mol. The maximum Gasteiger partial charge on any atom is 0.336 e. The number of carbonyl (C=O) groups is 1. The lowest BCUT2D eigenvalue weighted by Crippen LogP contribution is -2.00. The van der Waals surface area contributed by atoms with Crippen LogP contribution in [0.25, 0.3) is 11.6 Å². The first-order valence-electron chi connectivity index (χ1n) is 5.63. The molecule has 2 aromatic carbocycles.